The Morgan fingerprint density at radius 2 is 1.94 bits per heavy atom. The van der Waals surface area contributed by atoms with Crippen molar-refractivity contribution >= 4 is 22.9 Å². The van der Waals surface area contributed by atoms with E-state index >= 15 is 0 Å². The predicted molar refractivity (Wildman–Crippen MR) is 127 cm³/mol. The van der Waals surface area contributed by atoms with E-state index in [1.807, 2.05) is 45.6 Å². The molecule has 36 heavy (non-hydrogen) atoms. The summed E-state index contributed by atoms with van der Waals surface area (Å²) in [6, 6.07) is 4.65. The summed E-state index contributed by atoms with van der Waals surface area (Å²) in [7, 11) is 0. The van der Waals surface area contributed by atoms with Gasteiger partial charge in [0.2, 0.25) is 0 Å². The number of amides is 1. The number of nitriles is 1. The number of nitrogens with zero attached hydrogens (tertiary/aromatic N) is 7. The second-order valence-corrected chi connectivity index (χ2v) is 9.64. The Balaban J connectivity index is 1.76. The van der Waals surface area contributed by atoms with Gasteiger partial charge in [-0.15, -0.1) is 0 Å². The van der Waals surface area contributed by atoms with Crippen molar-refractivity contribution in [2.75, 3.05) is 18.0 Å². The van der Waals surface area contributed by atoms with E-state index < -0.39 is 18.3 Å². The van der Waals surface area contributed by atoms with Crippen LogP contribution in [-0.2, 0) is 4.74 Å². The first-order valence-electron chi connectivity index (χ1n) is 11.4. The zero-order chi connectivity index (χ0) is 26.2. The lowest BCUT2D eigenvalue weighted by atomic mass is 10.1. The number of halogens is 2. The molecule has 2 atom stereocenters. The Morgan fingerprint density at radius 3 is 2.61 bits per heavy atom. The number of hydrogen-bond acceptors (Lipinski definition) is 8. The number of fused-ring (bicyclic) bond motifs is 1. The maximum absolute atomic E-state index is 13.4. The fourth-order valence-electron chi connectivity index (χ4n) is 4.21. The second kappa shape index (κ2) is 9.56. The van der Waals surface area contributed by atoms with Crippen LogP contribution < -0.4 is 9.64 Å². The van der Waals surface area contributed by atoms with Gasteiger partial charge < -0.3 is 19.3 Å². The van der Waals surface area contributed by atoms with Gasteiger partial charge in [0.15, 0.2) is 11.4 Å². The predicted octanol–water partition coefficient (Wildman–Crippen LogP) is 4.12. The number of carbonyl (C=O) groups excluding carboxylic acids is 1. The van der Waals surface area contributed by atoms with Crippen LogP contribution in [-0.4, -0.2) is 67.9 Å². The van der Waals surface area contributed by atoms with E-state index in [1.165, 1.54) is 29.4 Å². The molecule has 3 aromatic rings. The Hall–Kier alpha value is -4.01. The van der Waals surface area contributed by atoms with Crippen molar-refractivity contribution < 1.29 is 23.0 Å². The lowest BCUT2D eigenvalue weighted by Gasteiger charge is -2.44. The van der Waals surface area contributed by atoms with Crippen LogP contribution >= 0.6 is 0 Å². The maximum Gasteiger partial charge on any atom is 0.410 e. The highest BCUT2D eigenvalue weighted by atomic mass is 19.3. The third kappa shape index (κ3) is 5.00. The minimum atomic E-state index is -3.07. The van der Waals surface area contributed by atoms with Gasteiger partial charge >= 0.3 is 12.7 Å². The number of hydrogen-bond donors (Lipinski definition) is 0. The smallest absolute Gasteiger partial charge is 0.410 e. The van der Waals surface area contributed by atoms with Crippen LogP contribution in [0.15, 0.2) is 30.9 Å². The summed E-state index contributed by atoms with van der Waals surface area (Å²) in [5, 5.41) is 9.54. The molecule has 0 bridgehead atoms. The first kappa shape index (κ1) is 25.1. The average Bonchev–Trinajstić information content (AvgIpc) is 3.17. The molecule has 10 nitrogen and oxygen atoms in total. The van der Waals surface area contributed by atoms with Crippen LogP contribution in [0.1, 0.15) is 40.2 Å². The molecule has 0 saturated carbocycles. The van der Waals surface area contributed by atoms with Gasteiger partial charge in [-0.25, -0.2) is 19.7 Å². The summed E-state index contributed by atoms with van der Waals surface area (Å²) in [6.45, 7) is 6.89. The summed E-state index contributed by atoms with van der Waals surface area (Å²) < 4.78 is 38.6. The summed E-state index contributed by atoms with van der Waals surface area (Å²) in [4.78, 5) is 29.3. The molecule has 0 aliphatic carbocycles. The molecule has 12 heteroatoms. The van der Waals surface area contributed by atoms with E-state index in [4.69, 9.17) is 9.47 Å². The van der Waals surface area contributed by atoms with E-state index in [2.05, 4.69) is 15.0 Å². The van der Waals surface area contributed by atoms with Gasteiger partial charge in [0.1, 0.15) is 29.0 Å². The van der Waals surface area contributed by atoms with Crippen molar-refractivity contribution in [3.63, 3.8) is 0 Å². The molecule has 0 radical (unpaired) electrons. The molecule has 0 N–H and O–H groups in total. The number of pyridine rings is 1. The van der Waals surface area contributed by atoms with Crippen LogP contribution in [0.3, 0.4) is 0 Å². The SMILES string of the molecule is CC1CN(C(=O)OC(C)(C)C)[C@@H](C)CN1c1ncnc2c1c(OC(F)F)cn2-c1cc(C#N)ccn1. The van der Waals surface area contributed by atoms with Crippen molar-refractivity contribution in [2.24, 2.45) is 0 Å². The topological polar surface area (TPSA) is 109 Å². The van der Waals surface area contributed by atoms with Crippen molar-refractivity contribution in [3.05, 3.63) is 36.4 Å². The van der Waals surface area contributed by atoms with Gasteiger partial charge in [0, 0.05) is 31.4 Å². The highest BCUT2D eigenvalue weighted by Gasteiger charge is 2.36. The van der Waals surface area contributed by atoms with Gasteiger partial charge in [0.25, 0.3) is 0 Å². The van der Waals surface area contributed by atoms with Crippen molar-refractivity contribution in [3.8, 4) is 17.6 Å². The van der Waals surface area contributed by atoms with Crippen LogP contribution in [0.2, 0.25) is 0 Å². The largest absolute Gasteiger partial charge is 0.444 e. The molecular formula is C24H27F2N7O3. The fourth-order valence-corrected chi connectivity index (χ4v) is 4.21. The molecule has 4 rings (SSSR count). The van der Waals surface area contributed by atoms with E-state index in [1.54, 1.807) is 11.0 Å². The Labute approximate surface area is 207 Å². The molecule has 1 aliphatic heterocycles. The summed E-state index contributed by atoms with van der Waals surface area (Å²) in [6.07, 6.45) is 3.75. The standard InChI is InChI=1S/C24H27F2N7O3/c1-14-11-32(23(34)36-24(3,4)5)15(2)10-31(14)20-19-17(35-22(25)26)12-33(21(19)30-13-29-20)18-8-16(9-27)6-7-28-18/h6-8,12-15,22H,10-11H2,1-5H3/t14?,15-/m0/s1. The number of anilines is 1. The van der Waals surface area contributed by atoms with E-state index in [0.29, 0.717) is 35.9 Å². The lowest BCUT2D eigenvalue weighted by Crippen LogP contribution is -2.59. The number of piperazine rings is 1. The minimum absolute atomic E-state index is 0.116. The molecule has 1 fully saturated rings. The molecular weight excluding hydrogens is 472 g/mol. The first-order chi connectivity index (χ1) is 17.0. The Morgan fingerprint density at radius 1 is 1.19 bits per heavy atom. The molecule has 1 aliphatic rings. The summed E-state index contributed by atoms with van der Waals surface area (Å²) in [5.74, 6) is 0.604. The molecule has 1 saturated heterocycles. The van der Waals surface area contributed by atoms with Gasteiger partial charge in [-0.3, -0.25) is 4.57 Å². The Bertz CT molecular complexity index is 1320. The second-order valence-electron chi connectivity index (χ2n) is 9.64. The molecule has 1 amide bonds. The van der Waals surface area contributed by atoms with E-state index in [9.17, 15) is 18.8 Å². The van der Waals surface area contributed by atoms with Crippen LogP contribution in [0.25, 0.3) is 16.9 Å². The lowest BCUT2D eigenvalue weighted by molar-refractivity contribution is -0.0488. The highest BCUT2D eigenvalue weighted by molar-refractivity contribution is 5.95. The van der Waals surface area contributed by atoms with Crippen molar-refractivity contribution in [2.45, 2.75) is 58.9 Å². The highest BCUT2D eigenvalue weighted by Crippen LogP contribution is 2.38. The molecule has 4 heterocycles. The molecule has 1 unspecified atom stereocenters. The van der Waals surface area contributed by atoms with Crippen LogP contribution in [0.5, 0.6) is 5.75 Å². The quantitative estimate of drug-likeness (QED) is 0.527. The molecule has 190 valence electrons. The average molecular weight is 500 g/mol. The minimum Gasteiger partial charge on any atom is -0.444 e. The summed E-state index contributed by atoms with van der Waals surface area (Å²) >= 11 is 0. The van der Waals surface area contributed by atoms with Gasteiger partial charge in [-0.05, 0) is 46.8 Å². The number of aromatic nitrogens is 4. The van der Waals surface area contributed by atoms with Crippen LogP contribution in [0, 0.1) is 11.3 Å². The fraction of sp³-hybridized carbons (Fsp3) is 0.458. The zero-order valence-electron chi connectivity index (χ0n) is 20.6. The number of rotatable bonds is 4. The number of carbonyl (C=O) groups is 1. The van der Waals surface area contributed by atoms with Gasteiger partial charge in [-0.2, -0.15) is 14.0 Å². The third-order valence-corrected chi connectivity index (χ3v) is 5.75. The zero-order valence-corrected chi connectivity index (χ0v) is 20.6. The third-order valence-electron chi connectivity index (χ3n) is 5.75. The number of alkyl halides is 2. The summed E-state index contributed by atoms with van der Waals surface area (Å²) in [5.41, 5.74) is 0.0259. The maximum atomic E-state index is 13.4. The van der Waals surface area contributed by atoms with Crippen molar-refractivity contribution in [1.82, 2.24) is 24.4 Å². The molecule has 0 aromatic carbocycles. The first-order valence-corrected chi connectivity index (χ1v) is 11.4. The van der Waals surface area contributed by atoms with Crippen molar-refractivity contribution in [1.29, 1.82) is 5.26 Å². The Kier molecular flexibility index (Phi) is 6.67. The molecule has 0 spiro atoms. The van der Waals surface area contributed by atoms with E-state index in [-0.39, 0.29) is 23.2 Å². The number of ether oxygens (including phenoxy) is 2. The van der Waals surface area contributed by atoms with Gasteiger partial charge in [0.05, 0.1) is 17.8 Å². The van der Waals surface area contributed by atoms with E-state index in [0.717, 1.165) is 0 Å². The monoisotopic (exact) mass is 499 g/mol. The molecule has 3 aromatic heterocycles. The van der Waals surface area contributed by atoms with Gasteiger partial charge in [-0.1, -0.05) is 0 Å². The normalized spacial score (nSPS) is 18.4. The van der Waals surface area contributed by atoms with Crippen LogP contribution in [0.4, 0.5) is 19.4 Å².